The molecule has 0 spiro atoms. The average molecular weight is 373 g/mol. The van der Waals surface area contributed by atoms with Crippen LogP contribution < -0.4 is 5.32 Å². The monoisotopic (exact) mass is 372 g/mol. The number of carbonyl (C=O) groups excluding carboxylic acids is 2. The van der Waals surface area contributed by atoms with Gasteiger partial charge < -0.3 is 4.42 Å². The molecule has 2 aromatic rings. The zero-order valence-electron chi connectivity index (χ0n) is 13.0. The first-order valence-corrected chi connectivity index (χ1v) is 8.14. The molecule has 1 aliphatic heterocycles. The van der Waals surface area contributed by atoms with E-state index in [1.54, 1.807) is 24.3 Å². The summed E-state index contributed by atoms with van der Waals surface area (Å²) in [5.41, 5.74) is 0.744. The van der Waals surface area contributed by atoms with E-state index in [0.717, 1.165) is 5.56 Å². The molecule has 25 heavy (non-hydrogen) atoms. The Morgan fingerprint density at radius 2 is 2.08 bits per heavy atom. The number of amides is 2. The highest BCUT2D eigenvalue weighted by Crippen LogP contribution is 2.26. The Kier molecular flexibility index (Phi) is 4.83. The normalized spacial score (nSPS) is 16.3. The van der Waals surface area contributed by atoms with Crippen molar-refractivity contribution in [3.63, 3.8) is 0 Å². The number of thiocarbonyl (C=S) groups is 1. The molecule has 7 heteroatoms. The van der Waals surface area contributed by atoms with Crippen molar-refractivity contribution in [2.24, 2.45) is 0 Å². The van der Waals surface area contributed by atoms with Crippen molar-refractivity contribution >= 4 is 46.8 Å². The number of furan rings is 1. The van der Waals surface area contributed by atoms with Gasteiger partial charge in [-0.05, 0) is 42.6 Å². The summed E-state index contributed by atoms with van der Waals surface area (Å²) < 4.78 is 5.71. The van der Waals surface area contributed by atoms with Crippen molar-refractivity contribution in [3.8, 4) is 11.3 Å². The molecule has 0 aliphatic carbocycles. The molecule has 0 saturated carbocycles. The van der Waals surface area contributed by atoms with E-state index in [1.807, 2.05) is 12.1 Å². The van der Waals surface area contributed by atoms with E-state index in [0.29, 0.717) is 16.5 Å². The van der Waals surface area contributed by atoms with Crippen LogP contribution in [0.2, 0.25) is 5.02 Å². The van der Waals surface area contributed by atoms with Crippen LogP contribution in [0, 0.1) is 0 Å². The Balaban J connectivity index is 1.92. The first-order valence-electron chi connectivity index (χ1n) is 7.35. The lowest BCUT2D eigenvalue weighted by Gasteiger charge is -2.27. The molecule has 0 bridgehead atoms. The van der Waals surface area contributed by atoms with Gasteiger partial charge >= 0.3 is 0 Å². The largest absolute Gasteiger partial charge is 0.457 e. The molecule has 2 amide bonds. The van der Waals surface area contributed by atoms with Gasteiger partial charge in [-0.2, -0.15) is 0 Å². The van der Waals surface area contributed by atoms with E-state index in [-0.39, 0.29) is 17.2 Å². The summed E-state index contributed by atoms with van der Waals surface area (Å²) >= 11 is 11.0. The molecule has 3 rings (SSSR count). The Hall–Kier alpha value is -2.70. The molecule has 1 aromatic heterocycles. The van der Waals surface area contributed by atoms with Gasteiger partial charge in [0.2, 0.25) is 0 Å². The molecule has 1 saturated heterocycles. The molecule has 2 heterocycles. The number of rotatable bonds is 4. The van der Waals surface area contributed by atoms with E-state index < -0.39 is 11.8 Å². The van der Waals surface area contributed by atoms with Gasteiger partial charge in [0.1, 0.15) is 17.1 Å². The summed E-state index contributed by atoms with van der Waals surface area (Å²) in [6, 6.07) is 10.6. The minimum absolute atomic E-state index is 0.0533. The lowest BCUT2D eigenvalue weighted by molar-refractivity contribution is -0.128. The maximum atomic E-state index is 12.5. The third-order valence-corrected chi connectivity index (χ3v) is 4.08. The van der Waals surface area contributed by atoms with Crippen molar-refractivity contribution in [3.05, 3.63) is 65.4 Å². The predicted molar refractivity (Wildman–Crippen MR) is 99.8 cm³/mol. The third kappa shape index (κ3) is 3.55. The Labute approximate surface area is 154 Å². The van der Waals surface area contributed by atoms with Crippen LogP contribution in [0.3, 0.4) is 0 Å². The number of nitrogens with one attached hydrogen (secondary N) is 1. The number of halogens is 1. The lowest BCUT2D eigenvalue weighted by atomic mass is 10.1. The number of benzene rings is 1. The summed E-state index contributed by atoms with van der Waals surface area (Å²) in [6.45, 7) is 3.79. The van der Waals surface area contributed by atoms with Crippen LogP contribution in [0.4, 0.5) is 0 Å². The average Bonchev–Trinajstić information content (AvgIpc) is 3.04. The topological polar surface area (TPSA) is 62.6 Å². The number of hydrogen-bond donors (Lipinski definition) is 1. The molecule has 1 fully saturated rings. The van der Waals surface area contributed by atoms with E-state index >= 15 is 0 Å². The van der Waals surface area contributed by atoms with Gasteiger partial charge in [-0.25, -0.2) is 0 Å². The van der Waals surface area contributed by atoms with Crippen LogP contribution in [0.15, 0.2) is 59.0 Å². The quantitative estimate of drug-likeness (QED) is 0.386. The second-order valence-electron chi connectivity index (χ2n) is 5.23. The van der Waals surface area contributed by atoms with Crippen LogP contribution in [0.1, 0.15) is 5.76 Å². The standard InChI is InChI=1S/C18H13ClN2O3S/c1-2-8-21-17(23)14(16(22)20-18(21)25)10-13-6-7-15(24-13)11-4-3-5-12(19)9-11/h2-7,9-10H,1,8H2,(H,20,22,25)/b14-10+. The highest BCUT2D eigenvalue weighted by atomic mass is 35.5. The van der Waals surface area contributed by atoms with Crippen LogP contribution in [0.25, 0.3) is 17.4 Å². The van der Waals surface area contributed by atoms with Gasteiger partial charge in [0.05, 0.1) is 0 Å². The Bertz CT molecular complexity index is 917. The van der Waals surface area contributed by atoms with Crippen molar-refractivity contribution < 1.29 is 14.0 Å². The summed E-state index contributed by atoms with van der Waals surface area (Å²) in [4.78, 5) is 25.8. The van der Waals surface area contributed by atoms with Crippen molar-refractivity contribution in [1.29, 1.82) is 0 Å². The van der Waals surface area contributed by atoms with Gasteiger partial charge in [0, 0.05) is 17.1 Å². The minimum Gasteiger partial charge on any atom is -0.457 e. The van der Waals surface area contributed by atoms with Gasteiger partial charge in [-0.1, -0.05) is 29.8 Å². The maximum absolute atomic E-state index is 12.5. The number of hydrogen-bond acceptors (Lipinski definition) is 4. The molecule has 1 aromatic carbocycles. The molecule has 126 valence electrons. The van der Waals surface area contributed by atoms with E-state index in [9.17, 15) is 9.59 Å². The molecule has 1 N–H and O–H groups in total. The summed E-state index contributed by atoms with van der Waals surface area (Å²) in [6.07, 6.45) is 2.92. The van der Waals surface area contributed by atoms with Gasteiger partial charge in [-0.15, -0.1) is 6.58 Å². The SMILES string of the molecule is C=CCN1C(=O)/C(=C/c2ccc(-c3cccc(Cl)c3)o2)C(=O)NC1=S. The molecular weight excluding hydrogens is 360 g/mol. The zero-order valence-corrected chi connectivity index (χ0v) is 14.6. The van der Waals surface area contributed by atoms with E-state index in [2.05, 4.69) is 11.9 Å². The van der Waals surface area contributed by atoms with Crippen molar-refractivity contribution in [2.45, 2.75) is 0 Å². The third-order valence-electron chi connectivity index (χ3n) is 3.52. The second kappa shape index (κ2) is 7.04. The highest BCUT2D eigenvalue weighted by molar-refractivity contribution is 7.80. The minimum atomic E-state index is -0.559. The molecule has 0 unspecified atom stereocenters. The van der Waals surface area contributed by atoms with E-state index in [4.69, 9.17) is 28.2 Å². The fourth-order valence-electron chi connectivity index (χ4n) is 2.36. The zero-order chi connectivity index (χ0) is 18.0. The smallest absolute Gasteiger partial charge is 0.266 e. The first kappa shape index (κ1) is 17.1. The number of nitrogens with zero attached hydrogens (tertiary/aromatic N) is 1. The molecule has 0 atom stereocenters. The van der Waals surface area contributed by atoms with Gasteiger partial charge in [0.15, 0.2) is 5.11 Å². The van der Waals surface area contributed by atoms with Crippen LogP contribution in [-0.2, 0) is 9.59 Å². The molecule has 1 aliphatic rings. The second-order valence-corrected chi connectivity index (χ2v) is 6.06. The van der Waals surface area contributed by atoms with E-state index in [1.165, 1.54) is 17.1 Å². The van der Waals surface area contributed by atoms with Crippen LogP contribution in [0.5, 0.6) is 0 Å². The van der Waals surface area contributed by atoms with Crippen LogP contribution >= 0.6 is 23.8 Å². The maximum Gasteiger partial charge on any atom is 0.266 e. The Morgan fingerprint density at radius 1 is 1.28 bits per heavy atom. The fraction of sp³-hybridized carbons (Fsp3) is 0.0556. The molecule has 0 radical (unpaired) electrons. The number of carbonyl (C=O) groups is 2. The highest BCUT2D eigenvalue weighted by Gasteiger charge is 2.32. The summed E-state index contributed by atoms with van der Waals surface area (Å²) in [5, 5.41) is 3.13. The Morgan fingerprint density at radius 3 is 2.80 bits per heavy atom. The van der Waals surface area contributed by atoms with Crippen molar-refractivity contribution in [2.75, 3.05) is 6.54 Å². The van der Waals surface area contributed by atoms with Crippen molar-refractivity contribution in [1.82, 2.24) is 10.2 Å². The molecular formula is C18H13ClN2O3S. The van der Waals surface area contributed by atoms with Gasteiger partial charge in [-0.3, -0.25) is 19.8 Å². The summed E-state index contributed by atoms with van der Waals surface area (Å²) in [5.74, 6) is -0.0956. The molecule has 5 nitrogen and oxygen atoms in total. The predicted octanol–water partition coefficient (Wildman–Crippen LogP) is 3.41. The van der Waals surface area contributed by atoms with Gasteiger partial charge in [0.25, 0.3) is 11.8 Å². The summed E-state index contributed by atoms with van der Waals surface area (Å²) in [7, 11) is 0. The lowest BCUT2D eigenvalue weighted by Crippen LogP contribution is -2.53. The first-order chi connectivity index (χ1) is 12.0. The van der Waals surface area contributed by atoms with Crippen LogP contribution in [-0.4, -0.2) is 28.4 Å². The fourth-order valence-corrected chi connectivity index (χ4v) is 2.80.